The highest BCUT2D eigenvalue weighted by Crippen LogP contribution is 2.25. The lowest BCUT2D eigenvalue weighted by molar-refractivity contribution is 0.0677. The fourth-order valence-corrected chi connectivity index (χ4v) is 2.39. The van der Waals surface area contributed by atoms with Crippen molar-refractivity contribution in [2.75, 3.05) is 6.61 Å². The van der Waals surface area contributed by atoms with Crippen LogP contribution in [0.3, 0.4) is 0 Å². The van der Waals surface area contributed by atoms with Crippen molar-refractivity contribution in [3.8, 4) is 5.69 Å². The number of carbonyl (C=O) groups is 1. The van der Waals surface area contributed by atoms with Crippen LogP contribution in [0.2, 0.25) is 0 Å². The topological polar surface area (TPSA) is 64.4 Å². The molecule has 1 aromatic heterocycles. The minimum atomic E-state index is -1.13. The predicted molar refractivity (Wildman–Crippen MR) is 68.6 cm³/mol. The molecule has 2 aromatic rings. The molecule has 0 bridgehead atoms. The number of carboxylic acid groups (broad SMARTS) is 1. The van der Waals surface area contributed by atoms with Crippen LogP contribution in [-0.4, -0.2) is 27.5 Å². The van der Waals surface area contributed by atoms with E-state index in [1.807, 2.05) is 0 Å². The van der Waals surface area contributed by atoms with E-state index in [4.69, 9.17) is 4.74 Å². The molecule has 0 fully saturated rings. The summed E-state index contributed by atoms with van der Waals surface area (Å²) in [4.78, 5) is 11.2. The van der Waals surface area contributed by atoms with E-state index < -0.39 is 11.8 Å². The van der Waals surface area contributed by atoms with Gasteiger partial charge in [0.15, 0.2) is 5.69 Å². The molecule has 0 spiro atoms. The zero-order valence-corrected chi connectivity index (χ0v) is 10.9. The van der Waals surface area contributed by atoms with Crippen LogP contribution in [0.5, 0.6) is 0 Å². The van der Waals surface area contributed by atoms with Gasteiger partial charge in [0.2, 0.25) is 0 Å². The lowest BCUT2D eigenvalue weighted by Gasteiger charge is -2.15. The van der Waals surface area contributed by atoms with Crippen molar-refractivity contribution in [2.24, 2.45) is 0 Å². The fourth-order valence-electron chi connectivity index (χ4n) is 2.39. The van der Waals surface area contributed by atoms with Gasteiger partial charge >= 0.3 is 5.97 Å². The number of fused-ring (bicyclic) bond motifs is 1. The van der Waals surface area contributed by atoms with Gasteiger partial charge in [-0.2, -0.15) is 5.10 Å². The SMILES string of the molecule is Cc1ccc(-n2nc(C(=O)O)c3c2CCOC3)c(F)c1. The number of aromatic carboxylic acids is 1. The third-order valence-corrected chi connectivity index (χ3v) is 3.35. The molecule has 0 aliphatic carbocycles. The Kier molecular flexibility index (Phi) is 3.02. The van der Waals surface area contributed by atoms with Gasteiger partial charge in [-0.25, -0.2) is 13.9 Å². The number of aryl methyl sites for hydroxylation is 1. The van der Waals surface area contributed by atoms with Crippen LogP contribution in [0.25, 0.3) is 5.69 Å². The molecule has 3 rings (SSSR count). The molecule has 104 valence electrons. The number of halogens is 1. The molecule has 1 aliphatic heterocycles. The van der Waals surface area contributed by atoms with E-state index in [2.05, 4.69) is 5.10 Å². The van der Waals surface area contributed by atoms with Crippen LogP contribution in [-0.2, 0) is 17.8 Å². The summed E-state index contributed by atoms with van der Waals surface area (Å²) in [7, 11) is 0. The van der Waals surface area contributed by atoms with Gasteiger partial charge in [-0.15, -0.1) is 0 Å². The molecule has 1 N–H and O–H groups in total. The van der Waals surface area contributed by atoms with Gasteiger partial charge in [0, 0.05) is 12.0 Å². The molecule has 0 unspecified atom stereocenters. The molecule has 0 radical (unpaired) electrons. The molecule has 0 saturated carbocycles. The van der Waals surface area contributed by atoms with Crippen molar-refractivity contribution in [3.63, 3.8) is 0 Å². The second-order valence-electron chi connectivity index (χ2n) is 4.75. The zero-order chi connectivity index (χ0) is 14.3. The Morgan fingerprint density at radius 3 is 3.00 bits per heavy atom. The van der Waals surface area contributed by atoms with Gasteiger partial charge < -0.3 is 9.84 Å². The summed E-state index contributed by atoms with van der Waals surface area (Å²) < 4.78 is 20.7. The molecule has 5 nitrogen and oxygen atoms in total. The van der Waals surface area contributed by atoms with Crippen LogP contribution >= 0.6 is 0 Å². The first-order valence-corrected chi connectivity index (χ1v) is 6.26. The van der Waals surface area contributed by atoms with Gasteiger partial charge in [0.1, 0.15) is 11.5 Å². The average Bonchev–Trinajstić information content (AvgIpc) is 2.78. The van der Waals surface area contributed by atoms with E-state index in [0.29, 0.717) is 24.3 Å². The van der Waals surface area contributed by atoms with Crippen molar-refractivity contribution in [2.45, 2.75) is 20.0 Å². The first-order valence-electron chi connectivity index (χ1n) is 6.26. The number of hydrogen-bond acceptors (Lipinski definition) is 3. The summed E-state index contributed by atoms with van der Waals surface area (Å²) in [6.45, 7) is 2.47. The van der Waals surface area contributed by atoms with Crippen molar-refractivity contribution < 1.29 is 19.0 Å². The third-order valence-electron chi connectivity index (χ3n) is 3.35. The molecule has 1 aliphatic rings. The van der Waals surface area contributed by atoms with Gasteiger partial charge in [0.05, 0.1) is 18.9 Å². The fraction of sp³-hybridized carbons (Fsp3) is 0.286. The number of benzene rings is 1. The summed E-state index contributed by atoms with van der Waals surface area (Å²) >= 11 is 0. The van der Waals surface area contributed by atoms with Crippen LogP contribution in [0, 0.1) is 12.7 Å². The molecule has 20 heavy (non-hydrogen) atoms. The van der Waals surface area contributed by atoms with Gasteiger partial charge in [-0.1, -0.05) is 6.07 Å². The highest BCUT2D eigenvalue weighted by atomic mass is 19.1. The van der Waals surface area contributed by atoms with Crippen molar-refractivity contribution in [1.82, 2.24) is 9.78 Å². The van der Waals surface area contributed by atoms with Crippen LogP contribution in [0.4, 0.5) is 4.39 Å². The first-order chi connectivity index (χ1) is 9.58. The minimum absolute atomic E-state index is 0.0697. The third kappa shape index (κ3) is 1.98. The molecule has 0 saturated heterocycles. The van der Waals surface area contributed by atoms with E-state index in [0.717, 1.165) is 5.56 Å². The summed E-state index contributed by atoms with van der Waals surface area (Å²) in [5.41, 5.74) is 2.23. The largest absolute Gasteiger partial charge is 0.476 e. The van der Waals surface area contributed by atoms with E-state index >= 15 is 0 Å². The smallest absolute Gasteiger partial charge is 0.356 e. The monoisotopic (exact) mass is 276 g/mol. The van der Waals surface area contributed by atoms with Crippen LogP contribution in [0.1, 0.15) is 27.3 Å². The Bertz CT molecular complexity index is 694. The lowest BCUT2D eigenvalue weighted by atomic mass is 10.1. The maximum Gasteiger partial charge on any atom is 0.356 e. The molecule has 0 amide bonds. The van der Waals surface area contributed by atoms with Gasteiger partial charge in [-0.05, 0) is 24.6 Å². The second-order valence-corrected chi connectivity index (χ2v) is 4.75. The number of carboxylic acids is 1. The quantitative estimate of drug-likeness (QED) is 0.912. The zero-order valence-electron chi connectivity index (χ0n) is 10.9. The van der Waals surface area contributed by atoms with E-state index in [1.165, 1.54) is 10.7 Å². The predicted octanol–water partition coefficient (Wildman–Crippen LogP) is 2.09. The summed E-state index contributed by atoms with van der Waals surface area (Å²) in [5, 5.41) is 13.2. The number of aromatic nitrogens is 2. The normalized spacial score (nSPS) is 14.1. The summed E-state index contributed by atoms with van der Waals surface area (Å²) in [6.07, 6.45) is 0.517. The van der Waals surface area contributed by atoms with E-state index in [-0.39, 0.29) is 18.0 Å². The maximum absolute atomic E-state index is 14.1. The van der Waals surface area contributed by atoms with Gasteiger partial charge in [-0.3, -0.25) is 0 Å². The Morgan fingerprint density at radius 2 is 2.30 bits per heavy atom. The lowest BCUT2D eigenvalue weighted by Crippen LogP contribution is -2.14. The molecule has 1 aromatic carbocycles. The molecular formula is C14H13FN2O3. The number of nitrogens with zero attached hydrogens (tertiary/aromatic N) is 2. The Balaban J connectivity index is 2.21. The Hall–Kier alpha value is -2.21. The van der Waals surface area contributed by atoms with Crippen molar-refractivity contribution in [1.29, 1.82) is 0 Å². The van der Waals surface area contributed by atoms with Gasteiger partial charge in [0.25, 0.3) is 0 Å². The standard InChI is InChI=1S/C14H13FN2O3/c1-8-2-3-12(10(15)6-8)17-11-4-5-20-7-9(11)13(16-17)14(18)19/h2-3,6H,4-5,7H2,1H3,(H,18,19). The molecular weight excluding hydrogens is 263 g/mol. The van der Waals surface area contributed by atoms with E-state index in [1.54, 1.807) is 19.1 Å². The summed E-state index contributed by atoms with van der Waals surface area (Å²) in [5.74, 6) is -1.54. The van der Waals surface area contributed by atoms with Crippen molar-refractivity contribution in [3.05, 3.63) is 46.5 Å². The molecule has 2 heterocycles. The van der Waals surface area contributed by atoms with E-state index in [9.17, 15) is 14.3 Å². The number of rotatable bonds is 2. The minimum Gasteiger partial charge on any atom is -0.476 e. The molecule has 0 atom stereocenters. The highest BCUT2D eigenvalue weighted by molar-refractivity contribution is 5.87. The second kappa shape index (κ2) is 4.72. The summed E-state index contributed by atoms with van der Waals surface area (Å²) in [6, 6.07) is 4.79. The van der Waals surface area contributed by atoms with Crippen LogP contribution < -0.4 is 0 Å². The maximum atomic E-state index is 14.1. The average molecular weight is 276 g/mol. The Morgan fingerprint density at radius 1 is 1.50 bits per heavy atom. The number of hydrogen-bond donors (Lipinski definition) is 1. The highest BCUT2D eigenvalue weighted by Gasteiger charge is 2.26. The van der Waals surface area contributed by atoms with Crippen molar-refractivity contribution >= 4 is 5.97 Å². The Labute approximate surface area is 114 Å². The van der Waals surface area contributed by atoms with Crippen LogP contribution in [0.15, 0.2) is 18.2 Å². The molecule has 6 heteroatoms. The first kappa shape index (κ1) is 12.8. The number of ether oxygens (including phenoxy) is 1.